The minimum atomic E-state index is -0.679. The van der Waals surface area contributed by atoms with E-state index < -0.39 is 5.97 Å². The molecule has 0 radical (unpaired) electrons. The molecule has 0 bridgehead atoms. The normalized spacial score (nSPS) is 44.4. The molecule has 0 saturated heterocycles. The van der Waals surface area contributed by atoms with Gasteiger partial charge in [0.1, 0.15) is 0 Å². The Morgan fingerprint density at radius 1 is 1.23 bits per heavy atom. The third kappa shape index (κ3) is 1.57. The smallest absolute Gasteiger partial charge is 0.306 e. The molecule has 0 aromatic rings. The van der Waals surface area contributed by atoms with Crippen LogP contribution in [0.25, 0.3) is 0 Å². The summed E-state index contributed by atoms with van der Waals surface area (Å²) in [6, 6.07) is 0. The van der Waals surface area contributed by atoms with E-state index in [2.05, 4.69) is 0 Å². The lowest BCUT2D eigenvalue weighted by Crippen LogP contribution is -2.28. The molecule has 2 N–H and O–H groups in total. The first-order valence-corrected chi connectivity index (χ1v) is 5.09. The van der Waals surface area contributed by atoms with Gasteiger partial charge in [-0.15, -0.1) is 0 Å². The van der Waals surface area contributed by atoms with Crippen molar-refractivity contribution in [2.24, 2.45) is 17.8 Å². The first kappa shape index (κ1) is 9.00. The Bertz CT molecular complexity index is 214. The highest BCUT2D eigenvalue weighted by atomic mass is 16.4. The molecule has 13 heavy (non-hydrogen) atoms. The fraction of sp³-hybridized carbons (Fsp3) is 0.900. The fourth-order valence-corrected chi connectivity index (χ4v) is 2.97. The van der Waals surface area contributed by atoms with Gasteiger partial charge in [0.05, 0.1) is 12.0 Å². The summed E-state index contributed by atoms with van der Waals surface area (Å²) in [6.07, 6.45) is 4.30. The van der Waals surface area contributed by atoms with E-state index in [0.29, 0.717) is 12.3 Å². The van der Waals surface area contributed by atoms with Gasteiger partial charge >= 0.3 is 5.97 Å². The van der Waals surface area contributed by atoms with Crippen LogP contribution in [0.3, 0.4) is 0 Å². The standard InChI is InChI=1S/C10H16O3/c11-9-3-1-2-6-4-7(10(12)13)5-8(6)9/h6-9,11H,1-5H2,(H,12,13)/t6-,7+,8+,9-/m0/s1. The van der Waals surface area contributed by atoms with E-state index >= 15 is 0 Å². The maximum atomic E-state index is 10.8. The predicted octanol–water partition coefficient (Wildman–Crippen LogP) is 1.26. The van der Waals surface area contributed by atoms with Crippen LogP contribution in [0.4, 0.5) is 0 Å². The van der Waals surface area contributed by atoms with Crippen molar-refractivity contribution < 1.29 is 15.0 Å². The van der Waals surface area contributed by atoms with E-state index in [4.69, 9.17) is 5.11 Å². The van der Waals surface area contributed by atoms with E-state index in [-0.39, 0.29) is 17.9 Å². The number of carboxylic acid groups (broad SMARTS) is 1. The summed E-state index contributed by atoms with van der Waals surface area (Å²) in [7, 11) is 0. The van der Waals surface area contributed by atoms with E-state index in [1.807, 2.05) is 0 Å². The van der Waals surface area contributed by atoms with Crippen molar-refractivity contribution in [1.82, 2.24) is 0 Å². The van der Waals surface area contributed by atoms with Gasteiger partial charge in [0, 0.05) is 0 Å². The zero-order valence-corrected chi connectivity index (χ0v) is 7.65. The maximum Gasteiger partial charge on any atom is 0.306 e. The van der Waals surface area contributed by atoms with Crippen LogP contribution < -0.4 is 0 Å². The number of carbonyl (C=O) groups is 1. The van der Waals surface area contributed by atoms with Crippen molar-refractivity contribution in [2.45, 2.75) is 38.2 Å². The van der Waals surface area contributed by atoms with Crippen LogP contribution in [0, 0.1) is 17.8 Å². The maximum absolute atomic E-state index is 10.8. The van der Waals surface area contributed by atoms with Crippen molar-refractivity contribution in [3.8, 4) is 0 Å². The van der Waals surface area contributed by atoms with E-state index in [9.17, 15) is 9.90 Å². The number of aliphatic hydroxyl groups excluding tert-OH is 1. The fourth-order valence-electron chi connectivity index (χ4n) is 2.97. The Labute approximate surface area is 77.8 Å². The molecule has 0 unspecified atom stereocenters. The number of fused-ring (bicyclic) bond motifs is 1. The lowest BCUT2D eigenvalue weighted by atomic mass is 9.80. The highest BCUT2D eigenvalue weighted by Crippen LogP contribution is 2.45. The van der Waals surface area contributed by atoms with Crippen LogP contribution >= 0.6 is 0 Å². The van der Waals surface area contributed by atoms with E-state index in [1.165, 1.54) is 0 Å². The molecule has 2 fully saturated rings. The van der Waals surface area contributed by atoms with Crippen molar-refractivity contribution in [2.75, 3.05) is 0 Å². The number of hydrogen-bond acceptors (Lipinski definition) is 2. The zero-order chi connectivity index (χ0) is 9.42. The third-order valence-corrected chi connectivity index (χ3v) is 3.67. The Hall–Kier alpha value is -0.570. The molecule has 74 valence electrons. The highest BCUT2D eigenvalue weighted by Gasteiger charge is 2.42. The second-order valence-electron chi connectivity index (χ2n) is 4.43. The summed E-state index contributed by atoms with van der Waals surface area (Å²) < 4.78 is 0. The van der Waals surface area contributed by atoms with E-state index in [1.54, 1.807) is 0 Å². The molecule has 2 saturated carbocycles. The lowest BCUT2D eigenvalue weighted by molar-refractivity contribution is -0.141. The van der Waals surface area contributed by atoms with Crippen molar-refractivity contribution in [3.63, 3.8) is 0 Å². The molecule has 2 aliphatic carbocycles. The van der Waals surface area contributed by atoms with Gasteiger partial charge in [-0.1, -0.05) is 6.42 Å². The molecular formula is C10H16O3. The second kappa shape index (κ2) is 3.29. The number of rotatable bonds is 1. The summed E-state index contributed by atoms with van der Waals surface area (Å²) in [6.45, 7) is 0. The minimum absolute atomic E-state index is 0.192. The van der Waals surface area contributed by atoms with Gasteiger partial charge in [0.15, 0.2) is 0 Å². The summed E-state index contributed by atoms with van der Waals surface area (Å²) in [5.41, 5.74) is 0. The van der Waals surface area contributed by atoms with Crippen LogP contribution in [-0.4, -0.2) is 22.3 Å². The van der Waals surface area contributed by atoms with Gasteiger partial charge in [-0.05, 0) is 37.5 Å². The van der Waals surface area contributed by atoms with Crippen molar-refractivity contribution >= 4 is 5.97 Å². The molecule has 0 amide bonds. The van der Waals surface area contributed by atoms with Crippen molar-refractivity contribution in [1.29, 1.82) is 0 Å². The van der Waals surface area contributed by atoms with Gasteiger partial charge in [-0.2, -0.15) is 0 Å². The average molecular weight is 184 g/mol. The molecule has 3 nitrogen and oxygen atoms in total. The Balaban J connectivity index is 2.04. The summed E-state index contributed by atoms with van der Waals surface area (Å²) >= 11 is 0. The first-order chi connectivity index (χ1) is 6.18. The highest BCUT2D eigenvalue weighted by molar-refractivity contribution is 5.70. The zero-order valence-electron chi connectivity index (χ0n) is 7.65. The number of carboxylic acids is 1. The van der Waals surface area contributed by atoms with Gasteiger partial charge in [0.25, 0.3) is 0 Å². The molecule has 2 rings (SSSR count). The first-order valence-electron chi connectivity index (χ1n) is 5.09. The summed E-state index contributed by atoms with van der Waals surface area (Å²) in [5.74, 6) is -0.121. The largest absolute Gasteiger partial charge is 0.481 e. The lowest BCUT2D eigenvalue weighted by Gasteiger charge is -2.29. The van der Waals surface area contributed by atoms with Gasteiger partial charge in [-0.3, -0.25) is 4.79 Å². The molecule has 0 spiro atoms. The average Bonchev–Trinajstić information content (AvgIpc) is 2.49. The quantitative estimate of drug-likeness (QED) is 0.645. The Kier molecular flexibility index (Phi) is 2.28. The van der Waals surface area contributed by atoms with Gasteiger partial charge in [-0.25, -0.2) is 0 Å². The summed E-state index contributed by atoms with van der Waals surface area (Å²) in [4.78, 5) is 10.8. The molecule has 3 heteroatoms. The molecule has 0 aromatic heterocycles. The minimum Gasteiger partial charge on any atom is -0.481 e. The van der Waals surface area contributed by atoms with Crippen molar-refractivity contribution in [3.05, 3.63) is 0 Å². The Morgan fingerprint density at radius 2 is 2.00 bits per heavy atom. The molecule has 0 aromatic carbocycles. The van der Waals surface area contributed by atoms with Crippen LogP contribution in [-0.2, 0) is 4.79 Å². The van der Waals surface area contributed by atoms with Crippen LogP contribution in [0.5, 0.6) is 0 Å². The second-order valence-corrected chi connectivity index (χ2v) is 4.43. The molecule has 2 aliphatic rings. The number of aliphatic carboxylic acids is 1. The predicted molar refractivity (Wildman–Crippen MR) is 47.2 cm³/mol. The van der Waals surface area contributed by atoms with Gasteiger partial charge < -0.3 is 10.2 Å². The topological polar surface area (TPSA) is 57.5 Å². The van der Waals surface area contributed by atoms with Gasteiger partial charge in [0.2, 0.25) is 0 Å². The third-order valence-electron chi connectivity index (χ3n) is 3.67. The number of aliphatic hydroxyl groups is 1. The number of hydrogen-bond donors (Lipinski definition) is 2. The van der Waals surface area contributed by atoms with Crippen LogP contribution in [0.2, 0.25) is 0 Å². The van der Waals surface area contributed by atoms with Crippen LogP contribution in [0.1, 0.15) is 32.1 Å². The monoisotopic (exact) mass is 184 g/mol. The SMILES string of the molecule is O=C(O)[C@@H]1C[C@@H]2CCC[C@H](O)[C@@H]2C1. The molecule has 0 aliphatic heterocycles. The summed E-state index contributed by atoms with van der Waals surface area (Å²) in [5, 5.41) is 18.6. The Morgan fingerprint density at radius 3 is 2.62 bits per heavy atom. The molecular weight excluding hydrogens is 168 g/mol. The van der Waals surface area contributed by atoms with Crippen LogP contribution in [0.15, 0.2) is 0 Å². The molecule has 4 atom stereocenters. The van der Waals surface area contributed by atoms with E-state index in [0.717, 1.165) is 25.7 Å². The molecule has 0 heterocycles.